The average Bonchev–Trinajstić information content (AvgIpc) is 3.08. The molecule has 2 heterocycles. The van der Waals surface area contributed by atoms with E-state index in [1.165, 1.54) is 27.1 Å². The van der Waals surface area contributed by atoms with Gasteiger partial charge in [-0.15, -0.1) is 11.3 Å². The first kappa shape index (κ1) is 20.7. The summed E-state index contributed by atoms with van der Waals surface area (Å²) in [5.41, 5.74) is 0.374. The van der Waals surface area contributed by atoms with E-state index in [2.05, 4.69) is 10.3 Å². The van der Waals surface area contributed by atoms with Crippen molar-refractivity contribution in [1.29, 1.82) is 0 Å². The predicted octanol–water partition coefficient (Wildman–Crippen LogP) is 2.50. The number of amides is 2. The molecule has 0 radical (unpaired) electrons. The van der Waals surface area contributed by atoms with E-state index in [0.717, 1.165) is 10.4 Å². The van der Waals surface area contributed by atoms with Gasteiger partial charge in [-0.1, -0.05) is 30.3 Å². The Bertz CT molecular complexity index is 1100. The second-order valence-corrected chi connectivity index (χ2v) is 8.95. The monoisotopic (exact) mass is 412 g/mol. The highest BCUT2D eigenvalue weighted by atomic mass is 32.1. The predicted molar refractivity (Wildman–Crippen MR) is 115 cm³/mol. The maximum absolute atomic E-state index is 12.8. The van der Waals surface area contributed by atoms with Crippen LogP contribution >= 0.6 is 11.3 Å². The summed E-state index contributed by atoms with van der Waals surface area (Å²) in [6.07, 6.45) is 1.39. The third-order valence-corrected chi connectivity index (χ3v) is 5.30. The van der Waals surface area contributed by atoms with Gasteiger partial charge >= 0.3 is 0 Å². The van der Waals surface area contributed by atoms with Gasteiger partial charge in [0.25, 0.3) is 5.56 Å². The lowest BCUT2D eigenvalue weighted by Crippen LogP contribution is -2.47. The molecule has 0 saturated heterocycles. The second kappa shape index (κ2) is 8.16. The molecule has 1 aromatic carbocycles. The summed E-state index contributed by atoms with van der Waals surface area (Å²) >= 11 is 1.44. The van der Waals surface area contributed by atoms with E-state index in [-0.39, 0.29) is 36.0 Å². The number of hydrogen-bond acceptors (Lipinski definition) is 5. The molecule has 2 aromatic heterocycles. The van der Waals surface area contributed by atoms with Crippen molar-refractivity contribution in [1.82, 2.24) is 19.8 Å². The van der Waals surface area contributed by atoms with Crippen molar-refractivity contribution >= 4 is 33.4 Å². The summed E-state index contributed by atoms with van der Waals surface area (Å²) in [6, 6.07) is 11.6. The van der Waals surface area contributed by atoms with Crippen LogP contribution in [-0.4, -0.2) is 45.4 Å². The molecule has 0 bridgehead atoms. The van der Waals surface area contributed by atoms with Gasteiger partial charge in [-0.2, -0.15) is 0 Å². The highest BCUT2D eigenvalue weighted by Gasteiger charge is 2.19. The Hall–Kier alpha value is -3.00. The van der Waals surface area contributed by atoms with Crippen LogP contribution in [0.15, 0.2) is 47.5 Å². The topological polar surface area (TPSA) is 84.3 Å². The maximum atomic E-state index is 12.8. The van der Waals surface area contributed by atoms with E-state index in [1.807, 2.05) is 57.2 Å². The molecule has 0 fully saturated rings. The number of thiophene rings is 1. The zero-order valence-electron chi connectivity index (χ0n) is 16.9. The third kappa shape index (κ3) is 5.08. The molecule has 7 nitrogen and oxygen atoms in total. The van der Waals surface area contributed by atoms with E-state index in [1.54, 1.807) is 7.05 Å². The Morgan fingerprint density at radius 2 is 1.90 bits per heavy atom. The number of fused-ring (bicyclic) bond motifs is 1. The highest BCUT2D eigenvalue weighted by Crippen LogP contribution is 2.30. The molecule has 0 unspecified atom stereocenters. The zero-order chi connectivity index (χ0) is 21.2. The SMILES string of the molecule is CN(CC(=O)NC(C)(C)C)C(=O)Cn1cnc2sc(-c3ccccc3)cc2c1=O. The molecule has 152 valence electrons. The van der Waals surface area contributed by atoms with Gasteiger partial charge in [0, 0.05) is 17.5 Å². The molecule has 29 heavy (non-hydrogen) atoms. The molecule has 0 aliphatic rings. The fraction of sp³-hybridized carbons (Fsp3) is 0.333. The molecular formula is C21H24N4O3S. The molecular weight excluding hydrogens is 388 g/mol. The van der Waals surface area contributed by atoms with Crippen LogP contribution in [0.4, 0.5) is 0 Å². The van der Waals surface area contributed by atoms with Crippen LogP contribution < -0.4 is 10.9 Å². The first-order valence-electron chi connectivity index (χ1n) is 9.23. The van der Waals surface area contributed by atoms with Gasteiger partial charge in [0.1, 0.15) is 11.4 Å². The van der Waals surface area contributed by atoms with Crippen molar-refractivity contribution in [3.8, 4) is 10.4 Å². The van der Waals surface area contributed by atoms with Crippen LogP contribution in [-0.2, 0) is 16.1 Å². The van der Waals surface area contributed by atoms with Crippen molar-refractivity contribution in [2.45, 2.75) is 32.9 Å². The van der Waals surface area contributed by atoms with Crippen LogP contribution in [0, 0.1) is 0 Å². The summed E-state index contributed by atoms with van der Waals surface area (Å²) in [7, 11) is 1.54. The summed E-state index contributed by atoms with van der Waals surface area (Å²) in [4.78, 5) is 44.6. The minimum absolute atomic E-state index is 0.0723. The minimum Gasteiger partial charge on any atom is -0.350 e. The molecule has 3 rings (SSSR count). The van der Waals surface area contributed by atoms with Gasteiger partial charge in [0.15, 0.2) is 0 Å². The summed E-state index contributed by atoms with van der Waals surface area (Å²) in [5.74, 6) is -0.588. The maximum Gasteiger partial charge on any atom is 0.262 e. The first-order valence-corrected chi connectivity index (χ1v) is 10.0. The smallest absolute Gasteiger partial charge is 0.262 e. The van der Waals surface area contributed by atoms with Crippen molar-refractivity contribution in [3.05, 3.63) is 53.1 Å². The molecule has 2 amide bonds. The molecule has 3 aromatic rings. The molecule has 0 saturated carbocycles. The van der Waals surface area contributed by atoms with E-state index in [9.17, 15) is 14.4 Å². The van der Waals surface area contributed by atoms with Gasteiger partial charge in [0.05, 0.1) is 18.3 Å². The number of nitrogens with zero attached hydrogens (tertiary/aromatic N) is 3. The van der Waals surface area contributed by atoms with Crippen molar-refractivity contribution in [3.63, 3.8) is 0 Å². The molecule has 1 N–H and O–H groups in total. The Balaban J connectivity index is 1.76. The quantitative estimate of drug-likeness (QED) is 0.698. The number of carbonyl (C=O) groups excluding carboxylic acids is 2. The lowest BCUT2D eigenvalue weighted by atomic mass is 10.1. The average molecular weight is 413 g/mol. The van der Waals surface area contributed by atoms with Crippen LogP contribution in [0.5, 0.6) is 0 Å². The largest absolute Gasteiger partial charge is 0.350 e. The van der Waals surface area contributed by atoms with Gasteiger partial charge in [-0.3, -0.25) is 19.0 Å². The number of hydrogen-bond donors (Lipinski definition) is 1. The Kier molecular flexibility index (Phi) is 5.83. The normalized spacial score (nSPS) is 11.4. The summed E-state index contributed by atoms with van der Waals surface area (Å²) in [5, 5.41) is 3.29. The van der Waals surface area contributed by atoms with Crippen LogP contribution in [0.3, 0.4) is 0 Å². The molecule has 0 spiro atoms. The van der Waals surface area contributed by atoms with Gasteiger partial charge in [0.2, 0.25) is 11.8 Å². The van der Waals surface area contributed by atoms with Gasteiger partial charge in [-0.25, -0.2) is 4.98 Å². The fourth-order valence-corrected chi connectivity index (χ4v) is 3.84. The molecule has 0 atom stereocenters. The lowest BCUT2D eigenvalue weighted by molar-refractivity contribution is -0.135. The number of benzene rings is 1. The van der Waals surface area contributed by atoms with E-state index >= 15 is 0 Å². The van der Waals surface area contributed by atoms with Gasteiger partial charge in [-0.05, 0) is 32.4 Å². The minimum atomic E-state index is -0.373. The molecule has 8 heteroatoms. The fourth-order valence-electron chi connectivity index (χ4n) is 2.84. The van der Waals surface area contributed by atoms with Gasteiger partial charge < -0.3 is 10.2 Å². The summed E-state index contributed by atoms with van der Waals surface area (Å²) < 4.78 is 1.28. The Morgan fingerprint density at radius 3 is 2.55 bits per heavy atom. The Labute approximate surface area is 173 Å². The van der Waals surface area contributed by atoms with Crippen LogP contribution in [0.2, 0.25) is 0 Å². The number of rotatable bonds is 5. The summed E-state index contributed by atoms with van der Waals surface area (Å²) in [6.45, 7) is 5.38. The van der Waals surface area contributed by atoms with Crippen molar-refractivity contribution < 1.29 is 9.59 Å². The number of likely N-dealkylation sites (N-methyl/N-ethyl adjacent to an activating group) is 1. The number of carbonyl (C=O) groups is 2. The number of nitrogens with one attached hydrogen (secondary N) is 1. The standard InChI is InChI=1S/C21H24N4O3S/c1-21(2,3)23-17(26)11-24(4)18(27)12-25-13-22-19-15(20(25)28)10-16(29-19)14-8-6-5-7-9-14/h5-10,13H,11-12H2,1-4H3,(H,23,26). The van der Waals surface area contributed by atoms with E-state index in [0.29, 0.717) is 10.2 Å². The third-order valence-electron chi connectivity index (χ3n) is 4.20. The van der Waals surface area contributed by atoms with Crippen LogP contribution in [0.25, 0.3) is 20.7 Å². The Morgan fingerprint density at radius 1 is 1.21 bits per heavy atom. The number of aromatic nitrogens is 2. The second-order valence-electron chi connectivity index (χ2n) is 7.92. The van der Waals surface area contributed by atoms with E-state index in [4.69, 9.17) is 0 Å². The van der Waals surface area contributed by atoms with Crippen LogP contribution in [0.1, 0.15) is 20.8 Å². The molecule has 0 aliphatic carbocycles. The van der Waals surface area contributed by atoms with E-state index < -0.39 is 0 Å². The zero-order valence-corrected chi connectivity index (χ0v) is 17.7. The lowest BCUT2D eigenvalue weighted by Gasteiger charge is -2.23. The first-order chi connectivity index (χ1) is 13.6. The van der Waals surface area contributed by atoms with Crippen molar-refractivity contribution in [2.24, 2.45) is 0 Å². The van der Waals surface area contributed by atoms with Crippen molar-refractivity contribution in [2.75, 3.05) is 13.6 Å². The molecule has 0 aliphatic heterocycles. The highest BCUT2D eigenvalue weighted by molar-refractivity contribution is 7.21.